The van der Waals surface area contributed by atoms with Crippen molar-refractivity contribution in [1.29, 1.82) is 0 Å². The highest BCUT2D eigenvalue weighted by Crippen LogP contribution is 2.35. The first-order chi connectivity index (χ1) is 11.2. The van der Waals surface area contributed by atoms with E-state index >= 15 is 0 Å². The number of rotatable bonds is 5. The first-order valence-electron chi connectivity index (χ1n) is 8.30. The number of fused-ring (bicyclic) bond motifs is 1. The van der Waals surface area contributed by atoms with Crippen molar-refractivity contribution in [2.45, 2.75) is 26.7 Å². The van der Waals surface area contributed by atoms with Crippen LogP contribution >= 0.6 is 22.7 Å². The van der Waals surface area contributed by atoms with Crippen LogP contribution in [0.1, 0.15) is 36.4 Å². The van der Waals surface area contributed by atoms with Crippen molar-refractivity contribution in [1.82, 2.24) is 9.88 Å². The smallest absolute Gasteiger partial charge is 0.264 e. The predicted octanol–water partition coefficient (Wildman–Crippen LogP) is 3.01. The number of amides is 1. The zero-order chi connectivity index (χ0) is 16.4. The summed E-state index contributed by atoms with van der Waals surface area (Å²) in [6, 6.07) is 2.02. The second kappa shape index (κ2) is 7.15. The fraction of sp³-hybridized carbons (Fsp3) is 0.625. The number of aromatic nitrogens is 1. The largest absolute Gasteiger partial charge is 0.349 e. The van der Waals surface area contributed by atoms with E-state index in [1.807, 2.05) is 11.0 Å². The molecule has 2 N–H and O–H groups in total. The Bertz CT molecular complexity index is 637. The highest BCUT2D eigenvalue weighted by atomic mass is 32.1. The number of carbonyl (C=O) groups excluding carboxylic acids is 1. The van der Waals surface area contributed by atoms with Crippen LogP contribution in [0.4, 0.5) is 5.13 Å². The van der Waals surface area contributed by atoms with Crippen molar-refractivity contribution in [2.75, 3.05) is 37.6 Å². The molecule has 2 aromatic rings. The van der Waals surface area contributed by atoms with E-state index < -0.39 is 0 Å². The highest BCUT2D eigenvalue weighted by molar-refractivity contribution is 7.29. The monoisotopic (exact) mass is 352 g/mol. The lowest BCUT2D eigenvalue weighted by Gasteiger charge is -2.31. The first-order valence-corrected chi connectivity index (χ1v) is 9.94. The molecule has 3 rings (SSSR count). The van der Waals surface area contributed by atoms with Gasteiger partial charge in [0.05, 0.1) is 9.58 Å². The Kier molecular flexibility index (Phi) is 5.18. The van der Waals surface area contributed by atoms with Crippen molar-refractivity contribution in [3.05, 3.63) is 10.9 Å². The minimum absolute atomic E-state index is 0.153. The topological polar surface area (TPSA) is 62.5 Å². The summed E-state index contributed by atoms with van der Waals surface area (Å²) in [6.07, 6.45) is 2.04. The summed E-state index contributed by atoms with van der Waals surface area (Å²) in [5, 5.41) is 1.05. The number of thiophene rings is 1. The quantitative estimate of drug-likeness (QED) is 0.898. The molecule has 0 bridgehead atoms. The maximum Gasteiger partial charge on any atom is 0.264 e. The second-order valence-electron chi connectivity index (χ2n) is 5.92. The van der Waals surface area contributed by atoms with E-state index in [1.54, 1.807) is 11.3 Å². The van der Waals surface area contributed by atoms with Crippen molar-refractivity contribution >= 4 is 43.2 Å². The van der Waals surface area contributed by atoms with Gasteiger partial charge >= 0.3 is 0 Å². The molecule has 0 unspecified atom stereocenters. The van der Waals surface area contributed by atoms with Gasteiger partial charge in [-0.05, 0) is 45.2 Å². The van der Waals surface area contributed by atoms with Crippen LogP contribution in [0.15, 0.2) is 6.07 Å². The Labute approximate surface area is 145 Å². The summed E-state index contributed by atoms with van der Waals surface area (Å²) < 4.78 is 1.12. The molecule has 0 aliphatic carbocycles. The normalized spacial score (nSPS) is 16.2. The van der Waals surface area contributed by atoms with Gasteiger partial charge in [0.2, 0.25) is 0 Å². The van der Waals surface area contributed by atoms with Crippen LogP contribution in [0.2, 0.25) is 0 Å². The van der Waals surface area contributed by atoms with Crippen molar-refractivity contribution in [3.63, 3.8) is 0 Å². The van der Waals surface area contributed by atoms with Gasteiger partial charge in [0.1, 0.15) is 4.83 Å². The molecule has 1 aliphatic heterocycles. The summed E-state index contributed by atoms with van der Waals surface area (Å²) in [5.41, 5.74) is 5.72. The number of nitrogens with two attached hydrogens (primary N) is 1. The Morgan fingerprint density at radius 3 is 2.61 bits per heavy atom. The lowest BCUT2D eigenvalue weighted by molar-refractivity contribution is 0.0698. The number of likely N-dealkylation sites (tertiary alicyclic amines) is 1. The number of thiazole rings is 1. The number of hydrogen-bond acceptors (Lipinski definition) is 6. The third kappa shape index (κ3) is 3.36. The van der Waals surface area contributed by atoms with E-state index in [0.717, 1.165) is 65.1 Å². The maximum absolute atomic E-state index is 12.7. The standard InChI is InChI=1S/C16H24N4OS2/c1-3-19(4-2)16-18-14-12(23-16)9-13(22-14)15(21)20-7-5-11(10-17)6-8-20/h9,11H,3-8,10,17H2,1-2H3. The van der Waals surface area contributed by atoms with Crippen LogP contribution in [0.5, 0.6) is 0 Å². The number of nitrogens with zero attached hydrogens (tertiary/aromatic N) is 3. The van der Waals surface area contributed by atoms with Gasteiger partial charge < -0.3 is 15.5 Å². The molecule has 5 nitrogen and oxygen atoms in total. The van der Waals surface area contributed by atoms with E-state index in [1.165, 1.54) is 11.3 Å². The van der Waals surface area contributed by atoms with Gasteiger partial charge in [-0.15, -0.1) is 11.3 Å². The van der Waals surface area contributed by atoms with Gasteiger partial charge in [-0.2, -0.15) is 0 Å². The molecule has 126 valence electrons. The van der Waals surface area contributed by atoms with E-state index in [-0.39, 0.29) is 5.91 Å². The van der Waals surface area contributed by atoms with Gasteiger partial charge in [0, 0.05) is 26.2 Å². The molecule has 0 radical (unpaired) electrons. The average Bonchev–Trinajstić information content (AvgIpc) is 3.14. The van der Waals surface area contributed by atoms with Crippen LogP contribution in [0, 0.1) is 5.92 Å². The van der Waals surface area contributed by atoms with E-state index in [0.29, 0.717) is 5.92 Å². The fourth-order valence-corrected chi connectivity index (χ4v) is 5.29. The van der Waals surface area contributed by atoms with Crippen LogP contribution in [-0.2, 0) is 0 Å². The van der Waals surface area contributed by atoms with Crippen LogP contribution in [-0.4, -0.2) is 48.5 Å². The average molecular weight is 353 g/mol. The summed E-state index contributed by atoms with van der Waals surface area (Å²) in [4.78, 5) is 23.4. The van der Waals surface area contributed by atoms with E-state index in [4.69, 9.17) is 10.7 Å². The third-order valence-electron chi connectivity index (χ3n) is 4.56. The number of anilines is 1. The van der Waals surface area contributed by atoms with Gasteiger partial charge in [0.25, 0.3) is 5.91 Å². The van der Waals surface area contributed by atoms with Gasteiger partial charge in [-0.1, -0.05) is 11.3 Å². The number of hydrogen-bond donors (Lipinski definition) is 1. The summed E-state index contributed by atoms with van der Waals surface area (Å²) in [5.74, 6) is 0.726. The molecule has 1 amide bonds. The zero-order valence-electron chi connectivity index (χ0n) is 13.7. The Balaban J connectivity index is 1.73. The van der Waals surface area contributed by atoms with Crippen molar-refractivity contribution in [3.8, 4) is 0 Å². The van der Waals surface area contributed by atoms with Crippen molar-refractivity contribution < 1.29 is 4.79 Å². The summed E-state index contributed by atoms with van der Waals surface area (Å²) in [6.45, 7) is 8.57. The lowest BCUT2D eigenvalue weighted by Crippen LogP contribution is -2.39. The fourth-order valence-electron chi connectivity index (χ4n) is 2.99. The van der Waals surface area contributed by atoms with Gasteiger partial charge in [-0.25, -0.2) is 4.98 Å². The summed E-state index contributed by atoms with van der Waals surface area (Å²) >= 11 is 3.20. The second-order valence-corrected chi connectivity index (χ2v) is 7.96. The molecular weight excluding hydrogens is 328 g/mol. The highest BCUT2D eigenvalue weighted by Gasteiger charge is 2.25. The minimum atomic E-state index is 0.153. The van der Waals surface area contributed by atoms with Gasteiger partial charge in [0.15, 0.2) is 5.13 Å². The number of carbonyl (C=O) groups is 1. The molecule has 2 aromatic heterocycles. The predicted molar refractivity (Wildman–Crippen MR) is 98.7 cm³/mol. The number of piperidine rings is 1. The molecule has 0 saturated carbocycles. The Morgan fingerprint density at radius 1 is 1.35 bits per heavy atom. The molecule has 0 atom stereocenters. The molecule has 23 heavy (non-hydrogen) atoms. The van der Waals surface area contributed by atoms with Crippen LogP contribution < -0.4 is 10.6 Å². The molecule has 1 fully saturated rings. The molecular formula is C16H24N4OS2. The SMILES string of the molecule is CCN(CC)c1nc2sc(C(=O)N3CCC(CN)CC3)cc2s1. The Morgan fingerprint density at radius 2 is 2.04 bits per heavy atom. The molecule has 7 heteroatoms. The first kappa shape index (κ1) is 16.7. The minimum Gasteiger partial charge on any atom is -0.349 e. The summed E-state index contributed by atoms with van der Waals surface area (Å²) in [7, 11) is 0. The molecule has 1 aliphatic rings. The molecule has 0 spiro atoms. The van der Waals surface area contributed by atoms with Crippen molar-refractivity contribution in [2.24, 2.45) is 11.7 Å². The maximum atomic E-state index is 12.7. The lowest BCUT2D eigenvalue weighted by atomic mass is 9.97. The molecule has 3 heterocycles. The van der Waals surface area contributed by atoms with Crippen LogP contribution in [0.3, 0.4) is 0 Å². The van der Waals surface area contributed by atoms with Gasteiger partial charge in [-0.3, -0.25) is 4.79 Å². The van der Waals surface area contributed by atoms with E-state index in [9.17, 15) is 4.79 Å². The van der Waals surface area contributed by atoms with Crippen LogP contribution in [0.25, 0.3) is 9.53 Å². The molecule has 0 aromatic carbocycles. The molecule has 1 saturated heterocycles. The Hall–Kier alpha value is -1.18. The van der Waals surface area contributed by atoms with E-state index in [2.05, 4.69) is 18.7 Å². The third-order valence-corrected chi connectivity index (χ3v) is 6.77. The zero-order valence-corrected chi connectivity index (χ0v) is 15.4.